The standard InChI is InChI=1S/C21H19FN6O4/c22-13-9-25-28-16(21(31)24-7-11-1-2-11)6-15(27-19(13)28)20(30)23-8-12-3-4-17-14(5-12)26-18(29)10-32-17/h3-6,9,11H,1-2,7-8,10H2,(H,23,30)(H,24,31)(H,26,29). The minimum Gasteiger partial charge on any atom is -0.482 e. The van der Waals surface area contributed by atoms with Crippen molar-refractivity contribution in [3.63, 3.8) is 0 Å². The second kappa shape index (κ2) is 7.91. The first-order chi connectivity index (χ1) is 15.5. The minimum atomic E-state index is -0.735. The van der Waals surface area contributed by atoms with E-state index >= 15 is 0 Å². The number of amides is 3. The predicted molar refractivity (Wildman–Crippen MR) is 110 cm³/mol. The van der Waals surface area contributed by atoms with E-state index in [4.69, 9.17) is 4.74 Å². The highest BCUT2D eigenvalue weighted by atomic mass is 19.1. The van der Waals surface area contributed by atoms with E-state index in [0.29, 0.717) is 29.5 Å². The number of ether oxygens (including phenoxy) is 1. The third-order valence-corrected chi connectivity index (χ3v) is 5.27. The van der Waals surface area contributed by atoms with Crippen molar-refractivity contribution in [1.29, 1.82) is 0 Å². The molecule has 0 atom stereocenters. The van der Waals surface area contributed by atoms with Crippen molar-refractivity contribution in [2.75, 3.05) is 18.5 Å². The van der Waals surface area contributed by atoms with Crippen molar-refractivity contribution in [2.24, 2.45) is 5.92 Å². The van der Waals surface area contributed by atoms with Crippen LogP contribution in [0.5, 0.6) is 5.75 Å². The van der Waals surface area contributed by atoms with Gasteiger partial charge >= 0.3 is 0 Å². The molecule has 1 aromatic carbocycles. The molecule has 3 amide bonds. The second-order valence-corrected chi connectivity index (χ2v) is 7.76. The molecule has 1 saturated carbocycles. The normalized spacial score (nSPS) is 15.0. The topological polar surface area (TPSA) is 127 Å². The van der Waals surface area contributed by atoms with Crippen LogP contribution in [0.25, 0.3) is 5.65 Å². The number of halogens is 1. The van der Waals surface area contributed by atoms with Gasteiger partial charge in [-0.25, -0.2) is 13.9 Å². The first-order valence-electron chi connectivity index (χ1n) is 10.1. The van der Waals surface area contributed by atoms with Crippen molar-refractivity contribution in [1.82, 2.24) is 25.2 Å². The summed E-state index contributed by atoms with van der Waals surface area (Å²) in [6.45, 7) is 0.602. The van der Waals surface area contributed by atoms with E-state index in [9.17, 15) is 18.8 Å². The van der Waals surface area contributed by atoms with Crippen LogP contribution in [0.15, 0.2) is 30.5 Å². The molecule has 1 aliphatic heterocycles. The van der Waals surface area contributed by atoms with Gasteiger partial charge in [0.05, 0.1) is 11.9 Å². The molecule has 164 valence electrons. The van der Waals surface area contributed by atoms with Gasteiger partial charge in [0, 0.05) is 19.2 Å². The number of anilines is 1. The van der Waals surface area contributed by atoms with Crippen molar-refractivity contribution >= 4 is 29.1 Å². The molecule has 0 spiro atoms. The van der Waals surface area contributed by atoms with E-state index in [0.717, 1.165) is 23.6 Å². The molecular weight excluding hydrogens is 419 g/mol. The van der Waals surface area contributed by atoms with Crippen LogP contribution in [-0.2, 0) is 11.3 Å². The van der Waals surface area contributed by atoms with E-state index in [-0.39, 0.29) is 36.1 Å². The Hall–Kier alpha value is -4.02. The van der Waals surface area contributed by atoms with E-state index in [2.05, 4.69) is 26.0 Å². The van der Waals surface area contributed by atoms with Gasteiger partial charge < -0.3 is 20.7 Å². The molecule has 3 N–H and O–H groups in total. The molecule has 0 saturated heterocycles. The summed E-state index contributed by atoms with van der Waals surface area (Å²) >= 11 is 0. The van der Waals surface area contributed by atoms with E-state index < -0.39 is 17.6 Å². The lowest BCUT2D eigenvalue weighted by Crippen LogP contribution is -2.30. The predicted octanol–water partition coefficient (Wildman–Crippen LogP) is 1.27. The molecule has 2 aromatic heterocycles. The van der Waals surface area contributed by atoms with Gasteiger partial charge in [-0.2, -0.15) is 5.10 Å². The Morgan fingerprint density at radius 2 is 2.06 bits per heavy atom. The quantitative estimate of drug-likeness (QED) is 0.532. The summed E-state index contributed by atoms with van der Waals surface area (Å²) in [6, 6.07) is 6.43. The summed E-state index contributed by atoms with van der Waals surface area (Å²) in [5, 5.41) is 12.1. The fraction of sp³-hybridized carbons (Fsp3) is 0.286. The van der Waals surface area contributed by atoms with Gasteiger partial charge in [0.25, 0.3) is 17.7 Å². The molecule has 3 aromatic rings. The monoisotopic (exact) mass is 438 g/mol. The van der Waals surface area contributed by atoms with Crippen LogP contribution in [-0.4, -0.2) is 45.5 Å². The Morgan fingerprint density at radius 3 is 2.88 bits per heavy atom. The number of rotatable bonds is 6. The van der Waals surface area contributed by atoms with Gasteiger partial charge in [0.15, 0.2) is 18.1 Å². The Labute approximate surface area is 181 Å². The van der Waals surface area contributed by atoms with Crippen molar-refractivity contribution in [3.8, 4) is 5.75 Å². The highest BCUT2D eigenvalue weighted by Gasteiger charge is 2.24. The maximum Gasteiger partial charge on any atom is 0.270 e. The second-order valence-electron chi connectivity index (χ2n) is 7.76. The lowest BCUT2D eigenvalue weighted by molar-refractivity contribution is -0.118. The fourth-order valence-corrected chi connectivity index (χ4v) is 3.38. The van der Waals surface area contributed by atoms with Gasteiger partial charge in [0.1, 0.15) is 17.1 Å². The SMILES string of the molecule is O=C1COc2ccc(CNC(=O)c3cc(C(=O)NCC4CC4)n4ncc(F)c4n3)cc2N1. The largest absolute Gasteiger partial charge is 0.482 e. The highest BCUT2D eigenvalue weighted by Crippen LogP contribution is 2.29. The number of benzene rings is 1. The lowest BCUT2D eigenvalue weighted by atomic mass is 10.1. The summed E-state index contributed by atoms with van der Waals surface area (Å²) in [5.74, 6) is -1.02. The Bertz CT molecular complexity index is 1250. The van der Waals surface area contributed by atoms with Crippen molar-refractivity contribution in [2.45, 2.75) is 19.4 Å². The van der Waals surface area contributed by atoms with Gasteiger partial charge in [-0.3, -0.25) is 14.4 Å². The zero-order chi connectivity index (χ0) is 22.2. The van der Waals surface area contributed by atoms with Crippen LogP contribution >= 0.6 is 0 Å². The Kier molecular flexibility index (Phi) is 4.92. The number of nitrogens with one attached hydrogen (secondary N) is 3. The number of nitrogens with zero attached hydrogens (tertiary/aromatic N) is 3. The fourth-order valence-electron chi connectivity index (χ4n) is 3.38. The molecule has 11 heteroatoms. The third kappa shape index (κ3) is 3.96. The maximum atomic E-state index is 14.1. The number of hydrogen-bond donors (Lipinski definition) is 3. The third-order valence-electron chi connectivity index (χ3n) is 5.27. The average molecular weight is 438 g/mol. The zero-order valence-corrected chi connectivity index (χ0v) is 16.9. The first kappa shape index (κ1) is 19.9. The molecule has 2 aliphatic rings. The van der Waals surface area contributed by atoms with Crippen LogP contribution in [0.4, 0.5) is 10.1 Å². The van der Waals surface area contributed by atoms with Crippen LogP contribution in [0.3, 0.4) is 0 Å². The molecule has 5 rings (SSSR count). The lowest BCUT2D eigenvalue weighted by Gasteiger charge is -2.18. The molecule has 3 heterocycles. The molecule has 0 bridgehead atoms. The number of aromatic nitrogens is 3. The maximum absolute atomic E-state index is 14.1. The van der Waals surface area contributed by atoms with Crippen molar-refractivity contribution < 1.29 is 23.5 Å². The van der Waals surface area contributed by atoms with Gasteiger partial charge in [-0.15, -0.1) is 0 Å². The number of carbonyl (C=O) groups excluding carboxylic acids is 3. The van der Waals surface area contributed by atoms with Gasteiger partial charge in [0.2, 0.25) is 0 Å². The number of hydrogen-bond acceptors (Lipinski definition) is 6. The summed E-state index contributed by atoms with van der Waals surface area (Å²) in [7, 11) is 0. The van der Waals surface area contributed by atoms with Gasteiger partial charge in [-0.1, -0.05) is 6.07 Å². The van der Waals surface area contributed by atoms with Crippen LogP contribution < -0.4 is 20.7 Å². The zero-order valence-electron chi connectivity index (χ0n) is 16.9. The molecule has 0 radical (unpaired) electrons. The molecule has 1 fully saturated rings. The van der Waals surface area contributed by atoms with Crippen LogP contribution in [0.1, 0.15) is 39.4 Å². The van der Waals surface area contributed by atoms with Crippen LogP contribution in [0.2, 0.25) is 0 Å². The highest BCUT2D eigenvalue weighted by molar-refractivity contribution is 5.98. The minimum absolute atomic E-state index is 0.0262. The summed E-state index contributed by atoms with van der Waals surface area (Å²) in [6.07, 6.45) is 3.08. The van der Waals surface area contributed by atoms with E-state index in [1.165, 1.54) is 6.07 Å². The molecule has 0 unspecified atom stereocenters. The summed E-state index contributed by atoms with van der Waals surface area (Å²) in [5.41, 5.74) is 0.940. The molecule has 10 nitrogen and oxygen atoms in total. The molecule has 1 aliphatic carbocycles. The summed E-state index contributed by atoms with van der Waals surface area (Å²) in [4.78, 5) is 40.9. The van der Waals surface area contributed by atoms with Crippen LogP contribution in [0, 0.1) is 11.7 Å². The Balaban J connectivity index is 1.35. The van der Waals surface area contributed by atoms with Gasteiger partial charge in [-0.05, 0) is 36.5 Å². The summed E-state index contributed by atoms with van der Waals surface area (Å²) < 4.78 is 20.5. The smallest absolute Gasteiger partial charge is 0.270 e. The van der Waals surface area contributed by atoms with E-state index in [1.54, 1.807) is 18.2 Å². The number of fused-ring (bicyclic) bond motifs is 2. The van der Waals surface area contributed by atoms with E-state index in [1.807, 2.05) is 0 Å². The Morgan fingerprint density at radius 1 is 1.22 bits per heavy atom. The molecular formula is C21H19FN6O4. The van der Waals surface area contributed by atoms with Crippen molar-refractivity contribution in [3.05, 3.63) is 53.2 Å². The number of carbonyl (C=O) groups is 3. The molecule has 32 heavy (non-hydrogen) atoms. The first-order valence-corrected chi connectivity index (χ1v) is 10.1. The average Bonchev–Trinajstić information content (AvgIpc) is 3.56.